The van der Waals surface area contributed by atoms with Gasteiger partial charge in [-0.15, -0.1) is 11.3 Å². The summed E-state index contributed by atoms with van der Waals surface area (Å²) in [6.07, 6.45) is 2.36. The molecule has 1 aromatic heterocycles. The Bertz CT molecular complexity index is 2020. The van der Waals surface area contributed by atoms with Crippen LogP contribution in [-0.2, 0) is 35.1 Å². The lowest BCUT2D eigenvalue weighted by Crippen LogP contribution is -2.57. The van der Waals surface area contributed by atoms with E-state index in [9.17, 15) is 33.9 Å². The van der Waals surface area contributed by atoms with Crippen LogP contribution >= 0.6 is 22.9 Å². The number of anilines is 1. The lowest BCUT2D eigenvalue weighted by atomic mass is 9.85. The molecule has 2 aromatic carbocycles. The van der Waals surface area contributed by atoms with E-state index in [0.29, 0.717) is 42.8 Å². The first-order chi connectivity index (χ1) is 29.4. The minimum Gasteiger partial charge on any atom is -0.450 e. The molecule has 338 valence electrons. The van der Waals surface area contributed by atoms with Crippen LogP contribution in [0.25, 0.3) is 10.4 Å². The Morgan fingerprint density at radius 1 is 1.00 bits per heavy atom. The number of nitrogens with two attached hydrogens (primary N) is 1. The number of benzene rings is 2. The van der Waals surface area contributed by atoms with Crippen molar-refractivity contribution in [2.75, 3.05) is 18.5 Å². The molecule has 4 rings (SSSR count). The van der Waals surface area contributed by atoms with E-state index in [-0.39, 0.29) is 56.7 Å². The third kappa shape index (κ3) is 14.5. The number of alkyl carbamates (subject to hydrolysis) is 1. The van der Waals surface area contributed by atoms with E-state index in [0.717, 1.165) is 33.7 Å². The Labute approximate surface area is 373 Å². The number of nitrogens with one attached hydrogen (secondary N) is 4. The van der Waals surface area contributed by atoms with Gasteiger partial charge in [-0.1, -0.05) is 88.5 Å². The summed E-state index contributed by atoms with van der Waals surface area (Å²) in [4.78, 5) is 84.7. The first-order valence-corrected chi connectivity index (χ1v) is 22.5. The molecule has 5 atom stereocenters. The van der Waals surface area contributed by atoms with E-state index in [1.165, 1.54) is 4.90 Å². The van der Waals surface area contributed by atoms with Gasteiger partial charge in [0, 0.05) is 25.8 Å². The standard InChI is InChI=1S/C45H62ClN7O8S/c1-7-8-23-61-44(60)51-34(21-22-36(47)55)41(57)50-33-15-12-14-30(38(33)46)13-10-9-11-16-37(56)52-40(45(4,5)6)43(59)53-25-32(54)24-35(53)42(58)49-27(2)29-17-19-31(20-18-29)39-28(3)48-26-62-39/h12,14-15,17-20,26-27,32,34-35,40,54H,7-11,13,16,21-25H2,1-6H3,(H2,47,55)(H,49,58)(H,50,57)(H,51,60)(H,52,56)/t27-,32+,34-,35-,40+/m0/s1. The number of hydrogen-bond acceptors (Lipinski definition) is 10. The summed E-state index contributed by atoms with van der Waals surface area (Å²) in [5, 5.41) is 22.2. The highest BCUT2D eigenvalue weighted by Gasteiger charge is 2.44. The Morgan fingerprint density at radius 3 is 2.37 bits per heavy atom. The highest BCUT2D eigenvalue weighted by Crippen LogP contribution is 2.31. The zero-order valence-electron chi connectivity index (χ0n) is 36.6. The molecular weight excluding hydrogens is 834 g/mol. The number of aliphatic hydroxyl groups excluding tert-OH is 1. The van der Waals surface area contributed by atoms with E-state index in [1.807, 2.05) is 77.4 Å². The van der Waals surface area contributed by atoms with E-state index in [1.54, 1.807) is 23.5 Å². The van der Waals surface area contributed by atoms with Gasteiger partial charge in [0.2, 0.25) is 29.5 Å². The summed E-state index contributed by atoms with van der Waals surface area (Å²) in [5.41, 5.74) is 10.4. The first-order valence-electron chi connectivity index (χ1n) is 21.3. The van der Waals surface area contributed by atoms with Gasteiger partial charge in [0.1, 0.15) is 18.1 Å². The number of hydrogen-bond donors (Lipinski definition) is 6. The van der Waals surface area contributed by atoms with Gasteiger partial charge >= 0.3 is 6.09 Å². The second kappa shape index (κ2) is 23.4. The number of aliphatic hydroxyl groups is 1. The molecule has 0 aliphatic carbocycles. The zero-order valence-corrected chi connectivity index (χ0v) is 38.1. The second-order valence-electron chi connectivity index (χ2n) is 16.9. The summed E-state index contributed by atoms with van der Waals surface area (Å²) >= 11 is 8.26. The number of aromatic nitrogens is 1. The van der Waals surface area contributed by atoms with E-state index in [4.69, 9.17) is 22.1 Å². The largest absolute Gasteiger partial charge is 0.450 e. The molecule has 1 aliphatic heterocycles. The zero-order chi connectivity index (χ0) is 45.6. The number of unbranched alkanes of at least 4 members (excludes halogenated alkanes) is 3. The van der Waals surface area contributed by atoms with Crippen LogP contribution in [0.2, 0.25) is 5.02 Å². The fraction of sp³-hybridized carbons (Fsp3) is 0.533. The molecule has 62 heavy (non-hydrogen) atoms. The number of amides is 6. The van der Waals surface area contributed by atoms with Crippen molar-refractivity contribution in [1.29, 1.82) is 0 Å². The maximum Gasteiger partial charge on any atom is 0.407 e. The van der Waals surface area contributed by atoms with Crippen LogP contribution in [0.15, 0.2) is 48.0 Å². The molecule has 3 aromatic rings. The summed E-state index contributed by atoms with van der Waals surface area (Å²) < 4.78 is 5.12. The minimum atomic E-state index is -1.08. The van der Waals surface area contributed by atoms with Crippen LogP contribution in [-0.4, -0.2) is 88.0 Å². The highest BCUT2D eigenvalue weighted by atomic mass is 35.5. The van der Waals surface area contributed by atoms with E-state index < -0.39 is 53.5 Å². The number of halogens is 1. The van der Waals surface area contributed by atoms with Gasteiger partial charge in [-0.2, -0.15) is 0 Å². The fourth-order valence-corrected chi connectivity index (χ4v) is 8.24. The average molecular weight is 897 g/mol. The van der Waals surface area contributed by atoms with Gasteiger partial charge in [-0.3, -0.25) is 24.0 Å². The Balaban J connectivity index is 1.28. The molecule has 6 amide bonds. The molecule has 0 spiro atoms. The second-order valence-corrected chi connectivity index (χ2v) is 18.1. The van der Waals surface area contributed by atoms with Crippen LogP contribution in [0.4, 0.5) is 10.5 Å². The number of ether oxygens (including phenoxy) is 1. The van der Waals surface area contributed by atoms with Crippen LogP contribution < -0.4 is 27.0 Å². The molecule has 2 heterocycles. The normalized spacial score (nSPS) is 16.5. The third-order valence-electron chi connectivity index (χ3n) is 10.8. The fourth-order valence-electron chi connectivity index (χ4n) is 7.16. The van der Waals surface area contributed by atoms with Crippen LogP contribution in [0.1, 0.15) is 115 Å². The summed E-state index contributed by atoms with van der Waals surface area (Å²) in [7, 11) is 0. The molecule has 7 N–H and O–H groups in total. The lowest BCUT2D eigenvalue weighted by molar-refractivity contribution is -0.144. The van der Waals surface area contributed by atoms with Crippen molar-refractivity contribution in [2.24, 2.45) is 11.1 Å². The predicted octanol–water partition coefficient (Wildman–Crippen LogP) is 6.34. The average Bonchev–Trinajstić information content (AvgIpc) is 3.84. The molecule has 0 unspecified atom stereocenters. The molecule has 0 radical (unpaired) electrons. The van der Waals surface area contributed by atoms with Crippen LogP contribution in [0, 0.1) is 12.3 Å². The summed E-state index contributed by atoms with van der Waals surface area (Å²) in [5.74, 6) is -2.30. The highest BCUT2D eigenvalue weighted by molar-refractivity contribution is 7.13. The number of β-amino-alcohol motifs (C(OH)–C–C–N with tert-alkyl or cyclic N) is 1. The summed E-state index contributed by atoms with van der Waals surface area (Å²) in [6.45, 7) is 11.5. The SMILES string of the molecule is CCCCOC(=O)N[C@@H](CCC(N)=O)C(=O)Nc1cccc(CCCCCC(=O)N[C@H](C(=O)N2C[C@H](O)C[C@H]2C(=O)N[C@@H](C)c2ccc(-c3scnc3C)cc2)C(C)(C)C)c1Cl. The maximum atomic E-state index is 14.1. The summed E-state index contributed by atoms with van der Waals surface area (Å²) in [6, 6.07) is 9.83. The topological polar surface area (TPSA) is 222 Å². The number of primary amides is 1. The molecule has 1 saturated heterocycles. The van der Waals surface area contributed by atoms with Crippen molar-refractivity contribution < 1.29 is 38.6 Å². The Kier molecular flexibility index (Phi) is 18.7. The minimum absolute atomic E-state index is 0.0232. The van der Waals surface area contributed by atoms with Gasteiger partial charge < -0.3 is 41.7 Å². The van der Waals surface area contributed by atoms with Gasteiger partial charge in [0.25, 0.3) is 0 Å². The first kappa shape index (κ1) is 49.6. The van der Waals surface area contributed by atoms with Crippen molar-refractivity contribution in [1.82, 2.24) is 25.8 Å². The number of nitrogens with zero attached hydrogens (tertiary/aromatic N) is 2. The van der Waals surface area contributed by atoms with Gasteiger partial charge in [0.15, 0.2) is 0 Å². The number of rotatable bonds is 21. The van der Waals surface area contributed by atoms with Gasteiger partial charge in [-0.25, -0.2) is 9.78 Å². The van der Waals surface area contributed by atoms with Crippen molar-refractivity contribution in [3.63, 3.8) is 0 Å². The third-order valence-corrected chi connectivity index (χ3v) is 12.2. The quantitative estimate of drug-likeness (QED) is 0.0656. The molecule has 0 bridgehead atoms. The number of likely N-dealkylation sites (tertiary alicyclic amines) is 1. The lowest BCUT2D eigenvalue weighted by Gasteiger charge is -2.35. The van der Waals surface area contributed by atoms with Crippen LogP contribution in [0.5, 0.6) is 0 Å². The van der Waals surface area contributed by atoms with Crippen molar-refractivity contribution in [2.45, 2.75) is 136 Å². The van der Waals surface area contributed by atoms with Crippen molar-refractivity contribution in [3.05, 3.63) is 69.8 Å². The van der Waals surface area contributed by atoms with Crippen molar-refractivity contribution in [3.8, 4) is 10.4 Å². The molecule has 17 heteroatoms. The van der Waals surface area contributed by atoms with Gasteiger partial charge in [-0.05, 0) is 74.1 Å². The van der Waals surface area contributed by atoms with Crippen LogP contribution in [0.3, 0.4) is 0 Å². The Morgan fingerprint density at radius 2 is 1.73 bits per heavy atom. The smallest absolute Gasteiger partial charge is 0.407 e. The van der Waals surface area contributed by atoms with Gasteiger partial charge in [0.05, 0.1) is 45.5 Å². The molecule has 0 saturated carbocycles. The number of thiazole rings is 1. The van der Waals surface area contributed by atoms with Crippen molar-refractivity contribution >= 4 is 64.3 Å². The van der Waals surface area contributed by atoms with E-state index >= 15 is 0 Å². The molecule has 1 fully saturated rings. The monoisotopic (exact) mass is 895 g/mol. The molecule has 15 nitrogen and oxygen atoms in total. The predicted molar refractivity (Wildman–Crippen MR) is 240 cm³/mol. The van der Waals surface area contributed by atoms with E-state index in [2.05, 4.69) is 26.3 Å². The molecular formula is C45H62ClN7O8S. The Hall–Kier alpha value is -5.06. The molecule has 1 aliphatic rings. The number of carbonyl (C=O) groups is 6. The maximum absolute atomic E-state index is 14.1. The number of aryl methyl sites for hydroxylation is 2. The number of carbonyl (C=O) groups excluding carboxylic acids is 6.